The van der Waals surface area contributed by atoms with Crippen molar-refractivity contribution in [2.24, 2.45) is 5.92 Å². The molecule has 4 nitrogen and oxygen atoms in total. The minimum absolute atomic E-state index is 0.0372. The number of likely N-dealkylation sites (tertiary alicyclic amines) is 1. The number of piperidine rings is 1. The number of amides is 1. The largest absolute Gasteiger partial charge is 0.381 e. The first-order chi connectivity index (χ1) is 10.7. The highest BCUT2D eigenvalue weighted by molar-refractivity contribution is 9.10. The molecule has 1 atom stereocenters. The van der Waals surface area contributed by atoms with Gasteiger partial charge in [0.25, 0.3) is 5.91 Å². The second-order valence-corrected chi connectivity index (χ2v) is 7.20. The number of nitrogens with zero attached hydrogens (tertiary/aromatic N) is 1. The van der Waals surface area contributed by atoms with Crippen molar-refractivity contribution in [3.05, 3.63) is 34.3 Å². The van der Waals surface area contributed by atoms with Crippen LogP contribution < -0.4 is 5.32 Å². The number of carbonyl (C=O) groups excluding carboxylic acids is 1. The quantitative estimate of drug-likeness (QED) is 0.890. The molecule has 22 heavy (non-hydrogen) atoms. The van der Waals surface area contributed by atoms with Crippen LogP contribution in [0.3, 0.4) is 0 Å². The van der Waals surface area contributed by atoms with Crippen LogP contribution in [0.1, 0.15) is 29.6 Å². The Labute approximate surface area is 140 Å². The van der Waals surface area contributed by atoms with E-state index in [0.717, 1.165) is 55.7 Å². The first-order valence-electron chi connectivity index (χ1n) is 8.07. The van der Waals surface area contributed by atoms with Gasteiger partial charge >= 0.3 is 0 Å². The van der Waals surface area contributed by atoms with Crippen LogP contribution in [0.4, 0.5) is 0 Å². The highest BCUT2D eigenvalue weighted by Gasteiger charge is 2.24. The number of rotatable bonds is 4. The van der Waals surface area contributed by atoms with E-state index in [-0.39, 0.29) is 5.91 Å². The number of benzene rings is 1. The summed E-state index contributed by atoms with van der Waals surface area (Å²) < 4.78 is 6.44. The van der Waals surface area contributed by atoms with E-state index in [2.05, 4.69) is 26.1 Å². The van der Waals surface area contributed by atoms with Gasteiger partial charge in [-0.05, 0) is 49.4 Å². The summed E-state index contributed by atoms with van der Waals surface area (Å²) in [6.07, 6.45) is 3.27. The molecule has 0 aromatic heterocycles. The van der Waals surface area contributed by atoms with E-state index in [1.807, 2.05) is 24.3 Å². The van der Waals surface area contributed by atoms with Crippen molar-refractivity contribution < 1.29 is 9.53 Å². The lowest BCUT2D eigenvalue weighted by atomic mass is 10.0. The molecule has 1 aromatic rings. The van der Waals surface area contributed by atoms with Crippen LogP contribution in [0.25, 0.3) is 0 Å². The predicted molar refractivity (Wildman–Crippen MR) is 90.0 cm³/mol. The molecule has 0 saturated carbocycles. The summed E-state index contributed by atoms with van der Waals surface area (Å²) in [6, 6.07) is 7.82. The van der Waals surface area contributed by atoms with Gasteiger partial charge in [0.05, 0.1) is 6.61 Å². The van der Waals surface area contributed by atoms with Crippen molar-refractivity contribution in [3.63, 3.8) is 0 Å². The summed E-state index contributed by atoms with van der Waals surface area (Å²) in [5.74, 6) is 0.740. The van der Waals surface area contributed by atoms with Crippen LogP contribution in [0.5, 0.6) is 0 Å². The van der Waals surface area contributed by atoms with E-state index in [4.69, 9.17) is 4.74 Å². The number of ether oxygens (including phenoxy) is 1. The molecule has 1 amide bonds. The van der Waals surface area contributed by atoms with E-state index in [1.54, 1.807) is 0 Å². The van der Waals surface area contributed by atoms with E-state index < -0.39 is 0 Å². The number of hydrogen-bond acceptors (Lipinski definition) is 3. The van der Waals surface area contributed by atoms with Gasteiger partial charge in [-0.25, -0.2) is 0 Å². The number of carbonyl (C=O) groups is 1. The maximum Gasteiger partial charge on any atom is 0.251 e. The van der Waals surface area contributed by atoms with Crippen LogP contribution in [0.2, 0.25) is 0 Å². The van der Waals surface area contributed by atoms with Gasteiger partial charge in [0.1, 0.15) is 0 Å². The van der Waals surface area contributed by atoms with Crippen molar-refractivity contribution in [2.45, 2.75) is 25.3 Å². The Kier molecular flexibility index (Phi) is 5.50. The lowest BCUT2D eigenvalue weighted by Crippen LogP contribution is -2.45. The summed E-state index contributed by atoms with van der Waals surface area (Å²) in [5, 5.41) is 3.16. The van der Waals surface area contributed by atoms with Gasteiger partial charge in [-0.2, -0.15) is 0 Å². The summed E-state index contributed by atoms with van der Waals surface area (Å²) >= 11 is 3.39. The third-order valence-corrected chi connectivity index (χ3v) is 5.10. The van der Waals surface area contributed by atoms with Gasteiger partial charge < -0.3 is 15.0 Å². The molecular formula is C17H23BrN2O2. The SMILES string of the molecule is O=C(NC1CCN(C[C@@H]2CCOC2)CC1)c1ccc(Br)cc1. The molecule has 1 aromatic carbocycles. The van der Waals surface area contributed by atoms with Crippen LogP contribution in [0, 0.1) is 5.92 Å². The fourth-order valence-corrected chi connectivity index (χ4v) is 3.49. The smallest absolute Gasteiger partial charge is 0.251 e. The molecule has 2 saturated heterocycles. The molecule has 0 aliphatic carbocycles. The molecule has 0 spiro atoms. The first kappa shape index (κ1) is 16.0. The number of halogens is 1. The molecule has 2 aliphatic rings. The normalized spacial score (nSPS) is 23.6. The van der Waals surface area contributed by atoms with Crippen molar-refractivity contribution in [1.29, 1.82) is 0 Å². The second kappa shape index (κ2) is 7.57. The molecule has 2 aliphatic heterocycles. The summed E-state index contributed by atoms with van der Waals surface area (Å²) in [5.41, 5.74) is 0.730. The number of nitrogens with one attached hydrogen (secondary N) is 1. The Morgan fingerprint density at radius 3 is 2.59 bits per heavy atom. The first-order valence-corrected chi connectivity index (χ1v) is 8.86. The monoisotopic (exact) mass is 366 g/mol. The highest BCUT2D eigenvalue weighted by Crippen LogP contribution is 2.18. The van der Waals surface area contributed by atoms with Crippen LogP contribution in [-0.4, -0.2) is 49.7 Å². The molecule has 0 radical (unpaired) electrons. The maximum atomic E-state index is 12.2. The zero-order chi connectivity index (χ0) is 15.4. The average molecular weight is 367 g/mol. The molecule has 5 heteroatoms. The topological polar surface area (TPSA) is 41.6 Å². The summed E-state index contributed by atoms with van der Waals surface area (Å²) in [6.45, 7) is 5.13. The number of hydrogen-bond donors (Lipinski definition) is 1. The Morgan fingerprint density at radius 1 is 1.23 bits per heavy atom. The maximum absolute atomic E-state index is 12.2. The zero-order valence-electron chi connectivity index (χ0n) is 12.8. The summed E-state index contributed by atoms with van der Waals surface area (Å²) in [4.78, 5) is 14.7. The van der Waals surface area contributed by atoms with E-state index in [9.17, 15) is 4.79 Å². The van der Waals surface area contributed by atoms with Gasteiger partial charge in [-0.3, -0.25) is 4.79 Å². The van der Waals surface area contributed by atoms with Crippen molar-refractivity contribution >= 4 is 21.8 Å². The second-order valence-electron chi connectivity index (χ2n) is 6.28. The van der Waals surface area contributed by atoms with E-state index in [0.29, 0.717) is 12.0 Å². The van der Waals surface area contributed by atoms with Crippen LogP contribution >= 0.6 is 15.9 Å². The minimum Gasteiger partial charge on any atom is -0.381 e. The van der Waals surface area contributed by atoms with Gasteiger partial charge in [-0.15, -0.1) is 0 Å². The third-order valence-electron chi connectivity index (χ3n) is 4.57. The van der Waals surface area contributed by atoms with Crippen LogP contribution in [0.15, 0.2) is 28.7 Å². The molecule has 0 unspecified atom stereocenters. The molecule has 1 N–H and O–H groups in total. The van der Waals surface area contributed by atoms with Crippen molar-refractivity contribution in [2.75, 3.05) is 32.8 Å². The van der Waals surface area contributed by atoms with Gasteiger partial charge in [-0.1, -0.05) is 15.9 Å². The van der Waals surface area contributed by atoms with E-state index >= 15 is 0 Å². The highest BCUT2D eigenvalue weighted by atomic mass is 79.9. The Bertz CT molecular complexity index is 492. The molecule has 2 heterocycles. The van der Waals surface area contributed by atoms with Gasteiger partial charge in [0.2, 0.25) is 0 Å². The lowest BCUT2D eigenvalue weighted by molar-refractivity contribution is 0.0903. The van der Waals surface area contributed by atoms with E-state index in [1.165, 1.54) is 6.42 Å². The Hall–Kier alpha value is -0.910. The molecule has 120 valence electrons. The standard InChI is InChI=1S/C17H23BrN2O2/c18-15-3-1-14(2-4-15)17(21)19-16-5-8-20(9-6-16)11-13-7-10-22-12-13/h1-4,13,16H,5-12H2,(H,19,21)/t13-/m0/s1. The van der Waals surface area contributed by atoms with Crippen molar-refractivity contribution in [3.8, 4) is 0 Å². The van der Waals surface area contributed by atoms with Crippen LogP contribution in [-0.2, 0) is 4.74 Å². The fraction of sp³-hybridized carbons (Fsp3) is 0.588. The van der Waals surface area contributed by atoms with Crippen molar-refractivity contribution in [1.82, 2.24) is 10.2 Å². The third kappa shape index (κ3) is 4.31. The molecular weight excluding hydrogens is 344 g/mol. The molecule has 0 bridgehead atoms. The van der Waals surface area contributed by atoms with Gasteiger partial charge in [0.15, 0.2) is 0 Å². The zero-order valence-corrected chi connectivity index (χ0v) is 14.3. The predicted octanol–water partition coefficient (Wildman–Crippen LogP) is 2.68. The minimum atomic E-state index is 0.0372. The average Bonchev–Trinajstić information content (AvgIpc) is 3.03. The Morgan fingerprint density at radius 2 is 1.95 bits per heavy atom. The summed E-state index contributed by atoms with van der Waals surface area (Å²) in [7, 11) is 0. The Balaban J connectivity index is 1.43. The lowest BCUT2D eigenvalue weighted by Gasteiger charge is -2.33. The van der Waals surface area contributed by atoms with Gasteiger partial charge in [0, 0.05) is 42.3 Å². The molecule has 3 rings (SSSR count). The molecule has 2 fully saturated rings. The fourth-order valence-electron chi connectivity index (χ4n) is 3.22.